The van der Waals surface area contributed by atoms with E-state index >= 15 is 0 Å². The largest absolute Gasteiger partial charge is 0.387 e. The predicted molar refractivity (Wildman–Crippen MR) is 82.7 cm³/mol. The van der Waals surface area contributed by atoms with Crippen LogP contribution < -0.4 is 27.2 Å². The zero-order valence-corrected chi connectivity index (χ0v) is 13.3. The maximum absolute atomic E-state index is 12.1. The number of rotatable bonds is 5. The number of carbonyl (C=O) groups excluding carboxylic acids is 2. The summed E-state index contributed by atoms with van der Waals surface area (Å²) in [6.07, 6.45) is -4.79. The Morgan fingerprint density at radius 1 is 1.24 bits per heavy atom. The van der Waals surface area contributed by atoms with Gasteiger partial charge in [0.1, 0.15) is 12.2 Å². The second-order valence-electron chi connectivity index (χ2n) is 5.24. The Labute approximate surface area is 140 Å². The van der Waals surface area contributed by atoms with Crippen LogP contribution >= 0.6 is 0 Å². The molecule has 0 aromatic carbocycles. The van der Waals surface area contributed by atoms with Crippen molar-refractivity contribution < 1.29 is 24.5 Å². The number of aliphatic hydroxyl groups excluding tert-OH is 2. The third-order valence-corrected chi connectivity index (χ3v) is 3.56. The summed E-state index contributed by atoms with van der Waals surface area (Å²) < 4.78 is 6.15. The zero-order chi connectivity index (χ0) is 18.6. The van der Waals surface area contributed by atoms with Gasteiger partial charge in [-0.3, -0.25) is 19.1 Å². The van der Waals surface area contributed by atoms with E-state index in [4.69, 9.17) is 4.74 Å². The molecule has 1 aromatic heterocycles. The normalized spacial score (nSPS) is 25.4. The van der Waals surface area contributed by atoms with Crippen LogP contribution in [0, 0.1) is 0 Å². The molecule has 0 saturated carbocycles. The summed E-state index contributed by atoms with van der Waals surface area (Å²) in [7, 11) is 1.44. The van der Waals surface area contributed by atoms with E-state index in [0.29, 0.717) is 0 Å². The minimum Gasteiger partial charge on any atom is -0.387 e. The number of nitrogens with zero attached hydrogens (tertiary/aromatic N) is 1. The molecule has 12 nitrogen and oxygen atoms in total. The van der Waals surface area contributed by atoms with E-state index in [-0.39, 0.29) is 13.1 Å². The van der Waals surface area contributed by atoms with Crippen LogP contribution in [0.25, 0.3) is 0 Å². The first-order chi connectivity index (χ1) is 11.8. The molecule has 2 heterocycles. The summed E-state index contributed by atoms with van der Waals surface area (Å²) >= 11 is 0. The second-order valence-corrected chi connectivity index (χ2v) is 5.24. The number of aromatic amines is 1. The molecule has 1 aromatic rings. The smallest absolute Gasteiger partial charge is 0.330 e. The summed E-state index contributed by atoms with van der Waals surface area (Å²) in [4.78, 5) is 47.8. The summed E-state index contributed by atoms with van der Waals surface area (Å²) in [6, 6.07) is 0.626. The summed E-state index contributed by atoms with van der Waals surface area (Å²) in [5, 5.41) is 27.2. The Kier molecular flexibility index (Phi) is 5.90. The van der Waals surface area contributed by atoms with Crippen LogP contribution in [0.3, 0.4) is 0 Å². The molecule has 4 atom stereocenters. The molecule has 0 bridgehead atoms. The zero-order valence-electron chi connectivity index (χ0n) is 13.3. The maximum atomic E-state index is 12.1. The molecule has 0 aliphatic carbocycles. The molecular weight excluding hydrogens is 338 g/mol. The molecule has 2 rings (SSSR count). The average Bonchev–Trinajstić information content (AvgIpc) is 2.87. The molecule has 6 N–H and O–H groups in total. The molecule has 25 heavy (non-hydrogen) atoms. The second kappa shape index (κ2) is 7.92. The third-order valence-electron chi connectivity index (χ3n) is 3.56. The van der Waals surface area contributed by atoms with Crippen molar-refractivity contribution in [1.82, 2.24) is 25.5 Å². The van der Waals surface area contributed by atoms with Gasteiger partial charge in [0.05, 0.1) is 0 Å². The van der Waals surface area contributed by atoms with Crippen molar-refractivity contribution in [2.75, 3.05) is 20.1 Å². The number of H-pyrrole nitrogens is 1. The van der Waals surface area contributed by atoms with Gasteiger partial charge in [-0.05, 0) is 0 Å². The molecule has 1 aliphatic rings. The van der Waals surface area contributed by atoms with Crippen molar-refractivity contribution in [3.05, 3.63) is 33.1 Å². The first-order valence-electron chi connectivity index (χ1n) is 7.41. The molecule has 1 saturated heterocycles. The van der Waals surface area contributed by atoms with Crippen molar-refractivity contribution >= 4 is 11.9 Å². The molecule has 0 spiro atoms. The lowest BCUT2D eigenvalue weighted by Gasteiger charge is -2.16. The van der Waals surface area contributed by atoms with Crippen LogP contribution in [-0.2, 0) is 9.53 Å². The number of ether oxygens (including phenoxy) is 1. The van der Waals surface area contributed by atoms with Gasteiger partial charge in [0.15, 0.2) is 12.3 Å². The number of aliphatic hydroxyl groups is 2. The molecule has 0 radical (unpaired) electrons. The lowest BCUT2D eigenvalue weighted by atomic mass is 10.1. The quantitative estimate of drug-likeness (QED) is 0.293. The molecule has 3 amide bonds. The number of amides is 3. The van der Waals surface area contributed by atoms with Gasteiger partial charge in [0.25, 0.3) is 11.5 Å². The molecular formula is C13H19N5O7. The lowest BCUT2D eigenvalue weighted by molar-refractivity contribution is -0.137. The minimum absolute atomic E-state index is 0.0677. The first kappa shape index (κ1) is 18.6. The Balaban J connectivity index is 1.99. The number of hydrogen-bond donors (Lipinski definition) is 6. The van der Waals surface area contributed by atoms with Crippen molar-refractivity contribution in [2.24, 2.45) is 0 Å². The van der Waals surface area contributed by atoms with Gasteiger partial charge >= 0.3 is 11.7 Å². The molecule has 12 heteroatoms. The average molecular weight is 357 g/mol. The highest BCUT2D eigenvalue weighted by atomic mass is 16.6. The van der Waals surface area contributed by atoms with Gasteiger partial charge in [-0.2, -0.15) is 0 Å². The van der Waals surface area contributed by atoms with E-state index in [1.165, 1.54) is 7.05 Å². The highest BCUT2D eigenvalue weighted by molar-refractivity contribution is 5.82. The SMILES string of the molecule is CNC(=O)NCCNC(=O)[C@H]1O[C@@H](n2ccc(=O)[nH]c2=O)[C@H](O)[C@@H]1O. The van der Waals surface area contributed by atoms with Gasteiger partial charge in [-0.1, -0.05) is 0 Å². The fraction of sp³-hybridized carbons (Fsp3) is 0.538. The highest BCUT2D eigenvalue weighted by Gasteiger charge is 2.47. The van der Waals surface area contributed by atoms with E-state index in [0.717, 1.165) is 16.8 Å². The van der Waals surface area contributed by atoms with Crippen molar-refractivity contribution in [3.8, 4) is 0 Å². The highest BCUT2D eigenvalue weighted by Crippen LogP contribution is 2.28. The van der Waals surface area contributed by atoms with Crippen LogP contribution in [0.15, 0.2) is 21.9 Å². The van der Waals surface area contributed by atoms with Crippen LogP contribution in [0.1, 0.15) is 6.23 Å². The molecule has 1 aliphatic heterocycles. The molecule has 1 fully saturated rings. The van der Waals surface area contributed by atoms with E-state index in [1.54, 1.807) is 0 Å². The molecule has 138 valence electrons. The van der Waals surface area contributed by atoms with Gasteiger partial charge < -0.3 is 30.9 Å². The number of aromatic nitrogens is 2. The standard InChI is InChI=1S/C13H19N5O7/c1-14-12(23)16-4-3-15-10(22)9-7(20)8(21)11(25-9)18-5-2-6(19)17-13(18)24/h2,5,7-9,11,20-21H,3-4H2,1H3,(H,15,22)(H2,14,16,23)(H,17,19,24)/t7-,8+,9-,11+/m0/s1. The van der Waals surface area contributed by atoms with Crippen molar-refractivity contribution in [1.29, 1.82) is 0 Å². The number of nitrogens with one attached hydrogen (secondary N) is 4. The maximum Gasteiger partial charge on any atom is 0.330 e. The Morgan fingerprint density at radius 3 is 2.56 bits per heavy atom. The van der Waals surface area contributed by atoms with E-state index < -0.39 is 47.7 Å². The monoisotopic (exact) mass is 357 g/mol. The van der Waals surface area contributed by atoms with E-state index in [9.17, 15) is 29.4 Å². The lowest BCUT2D eigenvalue weighted by Crippen LogP contribution is -2.45. The van der Waals surface area contributed by atoms with Gasteiger partial charge in [-0.25, -0.2) is 9.59 Å². The fourth-order valence-corrected chi connectivity index (χ4v) is 2.28. The Hall–Kier alpha value is -2.70. The third kappa shape index (κ3) is 4.23. The Bertz CT molecular complexity index is 745. The van der Waals surface area contributed by atoms with Gasteiger partial charge in [0, 0.05) is 32.4 Å². The first-order valence-corrected chi connectivity index (χ1v) is 7.41. The van der Waals surface area contributed by atoms with Crippen LogP contribution in [0.4, 0.5) is 4.79 Å². The van der Waals surface area contributed by atoms with Crippen LogP contribution in [0.2, 0.25) is 0 Å². The van der Waals surface area contributed by atoms with E-state index in [2.05, 4.69) is 16.0 Å². The number of hydrogen-bond acceptors (Lipinski definition) is 7. The summed E-state index contributed by atoms with van der Waals surface area (Å²) in [6.45, 7) is 0.206. The van der Waals surface area contributed by atoms with Crippen LogP contribution in [0.5, 0.6) is 0 Å². The van der Waals surface area contributed by atoms with E-state index in [1.807, 2.05) is 4.98 Å². The number of carbonyl (C=O) groups is 2. The predicted octanol–water partition coefficient (Wildman–Crippen LogP) is -3.80. The molecule has 0 unspecified atom stereocenters. The summed E-state index contributed by atoms with van der Waals surface area (Å²) in [5.41, 5.74) is -1.48. The number of urea groups is 1. The van der Waals surface area contributed by atoms with Crippen molar-refractivity contribution in [3.63, 3.8) is 0 Å². The minimum atomic E-state index is -1.57. The fourth-order valence-electron chi connectivity index (χ4n) is 2.28. The van der Waals surface area contributed by atoms with Crippen LogP contribution in [-0.4, -0.2) is 70.2 Å². The summed E-state index contributed by atoms with van der Waals surface area (Å²) in [5.74, 6) is -0.717. The Morgan fingerprint density at radius 2 is 1.92 bits per heavy atom. The topological polar surface area (TPSA) is 175 Å². The van der Waals surface area contributed by atoms with Crippen molar-refractivity contribution in [2.45, 2.75) is 24.5 Å². The van der Waals surface area contributed by atoms with Gasteiger partial charge in [0.2, 0.25) is 0 Å². The van der Waals surface area contributed by atoms with Gasteiger partial charge in [-0.15, -0.1) is 0 Å².